The molecule has 3 atom stereocenters. The van der Waals surface area contributed by atoms with E-state index < -0.39 is 12.5 Å². The predicted octanol–water partition coefficient (Wildman–Crippen LogP) is 7.00. The first kappa shape index (κ1) is 33.3. The molecule has 1 fully saturated rings. The van der Waals surface area contributed by atoms with E-state index in [0.717, 1.165) is 29.5 Å². The van der Waals surface area contributed by atoms with Crippen molar-refractivity contribution >= 4 is 5.91 Å². The number of phenols is 1. The summed E-state index contributed by atoms with van der Waals surface area (Å²) in [6.07, 6.45) is 14.6. The molecule has 0 bridgehead atoms. The fourth-order valence-electron chi connectivity index (χ4n) is 5.29. The number of nitrogens with zero attached hydrogens (tertiary/aromatic N) is 1. The highest BCUT2D eigenvalue weighted by Crippen LogP contribution is 2.40. The summed E-state index contributed by atoms with van der Waals surface area (Å²) in [4.78, 5) is 12.8. The summed E-state index contributed by atoms with van der Waals surface area (Å²) in [5.74, 6) is -0.137. The lowest BCUT2D eigenvalue weighted by Gasteiger charge is -2.28. The van der Waals surface area contributed by atoms with Crippen molar-refractivity contribution in [3.8, 4) is 5.75 Å². The topological polar surface area (TPSA) is 93.0 Å². The minimum Gasteiger partial charge on any atom is -0.507 e. The van der Waals surface area contributed by atoms with Gasteiger partial charge in [0, 0.05) is 12.3 Å². The number of amides is 1. The molecule has 1 aromatic carbocycles. The zero-order valence-corrected chi connectivity index (χ0v) is 25.7. The Morgan fingerprint density at radius 1 is 0.949 bits per heavy atom. The highest BCUT2D eigenvalue weighted by atomic mass is 16.3. The van der Waals surface area contributed by atoms with E-state index in [0.29, 0.717) is 18.6 Å². The number of nitrogens with one attached hydrogen (secondary N) is 1. The van der Waals surface area contributed by atoms with Gasteiger partial charge in [-0.1, -0.05) is 118 Å². The first-order valence-electron chi connectivity index (χ1n) is 15.2. The van der Waals surface area contributed by atoms with Gasteiger partial charge >= 0.3 is 0 Å². The molecule has 1 heterocycles. The molecule has 1 aliphatic rings. The molecule has 2 rings (SSSR count). The third kappa shape index (κ3) is 10.5. The summed E-state index contributed by atoms with van der Waals surface area (Å²) in [6, 6.07) is 3.98. The normalized spacial score (nSPS) is 20.7. The van der Waals surface area contributed by atoms with Gasteiger partial charge in [0.25, 0.3) is 0 Å². The van der Waals surface area contributed by atoms with E-state index in [1.807, 2.05) is 18.2 Å². The Bertz CT molecular complexity index is 894. The molecule has 0 spiro atoms. The molecule has 6 nitrogen and oxygen atoms in total. The van der Waals surface area contributed by atoms with Crippen LogP contribution in [0.5, 0.6) is 5.75 Å². The molecule has 1 saturated heterocycles. The fraction of sp³-hybridized carbons (Fsp3) is 0.727. The number of aliphatic hydroxyl groups is 2. The van der Waals surface area contributed by atoms with Crippen LogP contribution < -0.4 is 5.43 Å². The summed E-state index contributed by atoms with van der Waals surface area (Å²) < 4.78 is 0. The van der Waals surface area contributed by atoms with Crippen molar-refractivity contribution in [3.63, 3.8) is 0 Å². The Balaban J connectivity index is 1.86. The monoisotopic (exact) mass is 544 g/mol. The molecular weight excluding hydrogens is 488 g/mol. The minimum absolute atomic E-state index is 0.213. The Morgan fingerprint density at radius 2 is 1.49 bits per heavy atom. The number of rotatable bonds is 14. The molecule has 1 aromatic rings. The average molecular weight is 545 g/mol. The second-order valence-corrected chi connectivity index (χ2v) is 13.5. The highest BCUT2D eigenvalue weighted by Gasteiger charge is 2.39. The summed E-state index contributed by atoms with van der Waals surface area (Å²) in [5.41, 5.74) is 5.00. The third-order valence-electron chi connectivity index (χ3n) is 7.76. The Labute approximate surface area is 237 Å². The Morgan fingerprint density at radius 3 is 2.03 bits per heavy atom. The summed E-state index contributed by atoms with van der Waals surface area (Å²) >= 11 is 0. The molecule has 222 valence electrons. The van der Waals surface area contributed by atoms with Gasteiger partial charge in [-0.2, -0.15) is 5.01 Å². The first-order valence-corrected chi connectivity index (χ1v) is 15.2. The quantitative estimate of drug-likeness (QED) is 0.150. The second kappa shape index (κ2) is 15.2. The number of benzene rings is 1. The van der Waals surface area contributed by atoms with Gasteiger partial charge < -0.3 is 15.3 Å². The van der Waals surface area contributed by atoms with Gasteiger partial charge in [0.05, 0.1) is 0 Å². The van der Waals surface area contributed by atoms with Crippen LogP contribution >= 0.6 is 0 Å². The van der Waals surface area contributed by atoms with Gasteiger partial charge in [0.15, 0.2) is 0 Å². The molecule has 0 radical (unpaired) electrons. The van der Waals surface area contributed by atoms with Crippen LogP contribution in [0.3, 0.4) is 0 Å². The van der Waals surface area contributed by atoms with Crippen LogP contribution in [-0.4, -0.2) is 38.7 Å². The fourth-order valence-corrected chi connectivity index (χ4v) is 5.29. The maximum absolute atomic E-state index is 12.8. The number of phenolic OH excluding ortho intramolecular Hbond substituents is 1. The number of carbonyl (C=O) groups is 1. The number of unbranched alkanes of at least 4 members (excludes halogenated alkanes) is 8. The SMILES string of the molecule is CCCCCCCCCC/C=C/C1CC(O)N(NC(=O)CCc2cc(C(C)(C)C)c(O)c(C(C)(C)C)c2)C1O. The summed E-state index contributed by atoms with van der Waals surface area (Å²) in [5, 5.41) is 33.5. The first-order chi connectivity index (χ1) is 18.3. The standard InChI is InChI=1S/C33H56N2O4/c1-8-9-10-11-12-13-14-15-16-17-18-25-23-29(37)35(31(25)39)34-28(36)20-19-24-21-26(32(2,3)4)30(38)27(22-24)33(5,6)7/h17-18,21-22,25,29,31,37-39H,8-16,19-20,23H2,1-7H3,(H,34,36)/b18-17+. The molecule has 1 amide bonds. The number of aromatic hydroxyl groups is 1. The van der Waals surface area contributed by atoms with Gasteiger partial charge in [-0.25, -0.2) is 0 Å². The lowest BCUT2D eigenvalue weighted by Crippen LogP contribution is -2.50. The lowest BCUT2D eigenvalue weighted by molar-refractivity contribution is -0.141. The van der Waals surface area contributed by atoms with Crippen molar-refractivity contribution in [2.75, 3.05) is 0 Å². The minimum atomic E-state index is -0.951. The van der Waals surface area contributed by atoms with Crippen molar-refractivity contribution in [3.05, 3.63) is 41.0 Å². The maximum atomic E-state index is 12.8. The molecule has 0 aliphatic carbocycles. The zero-order valence-electron chi connectivity index (χ0n) is 25.7. The molecule has 1 aliphatic heterocycles. The molecule has 4 N–H and O–H groups in total. The van der Waals surface area contributed by atoms with Crippen molar-refractivity contribution < 1.29 is 20.1 Å². The van der Waals surface area contributed by atoms with Gasteiger partial charge in [0.1, 0.15) is 18.2 Å². The number of hydrazine groups is 1. The number of aryl methyl sites for hydroxylation is 1. The largest absolute Gasteiger partial charge is 0.507 e. The van der Waals surface area contributed by atoms with Crippen LogP contribution in [0, 0.1) is 5.92 Å². The number of hydrogen-bond acceptors (Lipinski definition) is 5. The van der Waals surface area contributed by atoms with Crippen LogP contribution in [0.2, 0.25) is 0 Å². The van der Waals surface area contributed by atoms with Crippen molar-refractivity contribution in [1.82, 2.24) is 10.4 Å². The summed E-state index contributed by atoms with van der Waals surface area (Å²) in [6.45, 7) is 14.7. The van der Waals surface area contributed by atoms with E-state index in [9.17, 15) is 20.1 Å². The number of carbonyl (C=O) groups excluding carboxylic acids is 1. The van der Waals surface area contributed by atoms with Crippen molar-refractivity contribution in [2.24, 2.45) is 5.92 Å². The Kier molecular flexibility index (Phi) is 13.0. The van der Waals surface area contributed by atoms with Gasteiger partial charge in [-0.05, 0) is 53.2 Å². The molecular formula is C33H56N2O4. The molecule has 0 aromatic heterocycles. The van der Waals surface area contributed by atoms with Crippen LogP contribution in [0.25, 0.3) is 0 Å². The van der Waals surface area contributed by atoms with Gasteiger partial charge in [0.2, 0.25) is 5.91 Å². The predicted molar refractivity (Wildman–Crippen MR) is 160 cm³/mol. The number of allylic oxidation sites excluding steroid dienone is 1. The van der Waals surface area contributed by atoms with E-state index in [2.05, 4.69) is 60.0 Å². The van der Waals surface area contributed by atoms with Crippen LogP contribution in [0.15, 0.2) is 24.3 Å². The third-order valence-corrected chi connectivity index (χ3v) is 7.76. The lowest BCUT2D eigenvalue weighted by atomic mass is 9.78. The Hall–Kier alpha value is -1.89. The maximum Gasteiger partial charge on any atom is 0.234 e. The van der Waals surface area contributed by atoms with Gasteiger partial charge in [-0.15, -0.1) is 0 Å². The van der Waals surface area contributed by atoms with Crippen LogP contribution in [0.1, 0.15) is 136 Å². The molecule has 3 unspecified atom stereocenters. The second-order valence-electron chi connectivity index (χ2n) is 13.5. The summed E-state index contributed by atoms with van der Waals surface area (Å²) in [7, 11) is 0. The zero-order chi connectivity index (χ0) is 29.2. The molecule has 6 heteroatoms. The average Bonchev–Trinajstić information content (AvgIpc) is 3.10. The van der Waals surface area contributed by atoms with E-state index in [1.54, 1.807) is 0 Å². The molecule has 39 heavy (non-hydrogen) atoms. The molecule has 0 saturated carbocycles. The van der Waals surface area contributed by atoms with Crippen LogP contribution in [0.4, 0.5) is 0 Å². The highest BCUT2D eigenvalue weighted by molar-refractivity contribution is 5.75. The van der Waals surface area contributed by atoms with E-state index in [1.165, 1.54) is 50.0 Å². The van der Waals surface area contributed by atoms with Crippen molar-refractivity contribution in [1.29, 1.82) is 0 Å². The van der Waals surface area contributed by atoms with Crippen LogP contribution in [-0.2, 0) is 22.0 Å². The van der Waals surface area contributed by atoms with Gasteiger partial charge in [-0.3, -0.25) is 10.2 Å². The number of aliphatic hydroxyl groups excluding tert-OH is 2. The van der Waals surface area contributed by atoms with E-state index in [-0.39, 0.29) is 29.1 Å². The number of hydrogen-bond donors (Lipinski definition) is 4. The van der Waals surface area contributed by atoms with Crippen molar-refractivity contribution in [2.45, 2.75) is 149 Å². The van der Waals surface area contributed by atoms with E-state index in [4.69, 9.17) is 0 Å². The smallest absolute Gasteiger partial charge is 0.234 e. The van der Waals surface area contributed by atoms with E-state index >= 15 is 0 Å².